The fourth-order valence-electron chi connectivity index (χ4n) is 2.37. The number of thioether (sulfide) groups is 1. The summed E-state index contributed by atoms with van der Waals surface area (Å²) in [4.78, 5) is 16.4. The van der Waals surface area contributed by atoms with Crippen LogP contribution in [0.2, 0.25) is 0 Å². The molecule has 1 aliphatic carbocycles. The number of nitrogens with zero attached hydrogens (tertiary/aromatic N) is 2. The standard InChI is InChI=1S/C14H23N3OS/c1-11(2)9-17-8-7-15-12(13(17)18)16-10-14(19-3)5-4-6-14/h7-8,11H,4-6,9-10H2,1-3H3,(H,15,16). The molecule has 1 aromatic rings. The third-order valence-corrected chi connectivity index (χ3v) is 5.17. The SMILES string of the molecule is CSC1(CNc2nccn(CC(C)C)c2=O)CCC1. The van der Waals surface area contributed by atoms with Gasteiger partial charge in [-0.15, -0.1) is 0 Å². The van der Waals surface area contributed by atoms with E-state index >= 15 is 0 Å². The Morgan fingerprint density at radius 3 is 2.79 bits per heavy atom. The first-order valence-electron chi connectivity index (χ1n) is 6.91. The quantitative estimate of drug-likeness (QED) is 0.870. The molecular formula is C14H23N3OS. The minimum Gasteiger partial charge on any atom is -0.364 e. The lowest BCUT2D eigenvalue weighted by Gasteiger charge is -2.40. The van der Waals surface area contributed by atoms with Crippen molar-refractivity contribution in [3.8, 4) is 0 Å². The first kappa shape index (κ1) is 14.4. The van der Waals surface area contributed by atoms with E-state index in [9.17, 15) is 4.79 Å². The predicted molar refractivity (Wildman–Crippen MR) is 81.9 cm³/mol. The molecule has 0 spiro atoms. The van der Waals surface area contributed by atoms with E-state index in [1.165, 1.54) is 19.3 Å². The minimum atomic E-state index is -0.00761. The third-order valence-electron chi connectivity index (χ3n) is 3.75. The molecule has 0 radical (unpaired) electrons. The van der Waals surface area contributed by atoms with Crippen LogP contribution in [0.1, 0.15) is 33.1 Å². The molecule has 1 heterocycles. The lowest BCUT2D eigenvalue weighted by Crippen LogP contribution is -2.41. The third kappa shape index (κ3) is 3.32. The van der Waals surface area contributed by atoms with Gasteiger partial charge < -0.3 is 9.88 Å². The van der Waals surface area contributed by atoms with Crippen molar-refractivity contribution >= 4 is 17.6 Å². The van der Waals surface area contributed by atoms with E-state index < -0.39 is 0 Å². The zero-order valence-corrected chi connectivity index (χ0v) is 12.8. The number of hydrogen-bond donors (Lipinski definition) is 1. The molecule has 0 unspecified atom stereocenters. The van der Waals surface area contributed by atoms with Gasteiger partial charge in [0.1, 0.15) is 0 Å². The van der Waals surface area contributed by atoms with Crippen molar-refractivity contribution in [1.82, 2.24) is 9.55 Å². The van der Waals surface area contributed by atoms with Gasteiger partial charge in [-0.1, -0.05) is 20.3 Å². The van der Waals surface area contributed by atoms with Crippen molar-refractivity contribution in [3.05, 3.63) is 22.7 Å². The smallest absolute Gasteiger partial charge is 0.293 e. The zero-order chi connectivity index (χ0) is 13.9. The molecule has 4 nitrogen and oxygen atoms in total. The predicted octanol–water partition coefficient (Wildman–Crippen LogP) is 2.60. The minimum absolute atomic E-state index is 0.00761. The van der Waals surface area contributed by atoms with Crippen LogP contribution in [0.5, 0.6) is 0 Å². The van der Waals surface area contributed by atoms with Gasteiger partial charge in [0.05, 0.1) is 0 Å². The monoisotopic (exact) mass is 281 g/mol. The first-order valence-corrected chi connectivity index (χ1v) is 8.13. The van der Waals surface area contributed by atoms with Gasteiger partial charge in [-0.3, -0.25) is 4.79 Å². The second-order valence-corrected chi connectivity index (χ2v) is 7.00. The molecule has 0 aromatic carbocycles. The van der Waals surface area contributed by atoms with Crippen molar-refractivity contribution < 1.29 is 0 Å². The van der Waals surface area contributed by atoms with Crippen LogP contribution in [-0.4, -0.2) is 27.1 Å². The van der Waals surface area contributed by atoms with Gasteiger partial charge in [-0.25, -0.2) is 4.98 Å². The molecule has 0 amide bonds. The molecule has 1 saturated carbocycles. The molecule has 0 bridgehead atoms. The summed E-state index contributed by atoms with van der Waals surface area (Å²) in [6, 6.07) is 0. The number of nitrogens with one attached hydrogen (secondary N) is 1. The summed E-state index contributed by atoms with van der Waals surface area (Å²) in [5, 5.41) is 3.25. The molecular weight excluding hydrogens is 258 g/mol. The van der Waals surface area contributed by atoms with Crippen molar-refractivity contribution in [1.29, 1.82) is 0 Å². The van der Waals surface area contributed by atoms with E-state index in [0.29, 0.717) is 16.5 Å². The van der Waals surface area contributed by atoms with Crippen LogP contribution in [0.15, 0.2) is 17.2 Å². The van der Waals surface area contributed by atoms with Gasteiger partial charge in [0, 0.05) is 30.2 Å². The van der Waals surface area contributed by atoms with Crippen LogP contribution >= 0.6 is 11.8 Å². The largest absolute Gasteiger partial charge is 0.364 e. The van der Waals surface area contributed by atoms with Gasteiger partial charge in [0.2, 0.25) is 0 Å². The first-order chi connectivity index (χ1) is 9.06. The Bertz CT molecular complexity index is 474. The Labute approximate surface area is 119 Å². The van der Waals surface area contributed by atoms with Crippen molar-refractivity contribution in [2.24, 2.45) is 5.92 Å². The highest BCUT2D eigenvalue weighted by Gasteiger charge is 2.36. The lowest BCUT2D eigenvalue weighted by atomic mass is 9.84. The van der Waals surface area contributed by atoms with Gasteiger partial charge in [0.15, 0.2) is 5.82 Å². The Balaban J connectivity index is 2.06. The summed E-state index contributed by atoms with van der Waals surface area (Å²) >= 11 is 1.90. The zero-order valence-electron chi connectivity index (χ0n) is 12.0. The van der Waals surface area contributed by atoms with Gasteiger partial charge in [-0.05, 0) is 25.0 Å². The summed E-state index contributed by atoms with van der Waals surface area (Å²) in [5.41, 5.74) is -0.00761. The Kier molecular flexibility index (Phi) is 4.55. The number of hydrogen-bond acceptors (Lipinski definition) is 4. The second-order valence-electron chi connectivity index (χ2n) is 5.72. The van der Waals surface area contributed by atoms with Gasteiger partial charge in [0.25, 0.3) is 5.56 Å². The Hall–Kier alpha value is -0.970. The summed E-state index contributed by atoms with van der Waals surface area (Å²) in [6.07, 6.45) is 9.38. The molecule has 2 rings (SSSR count). The molecule has 0 saturated heterocycles. The van der Waals surface area contributed by atoms with E-state index in [0.717, 1.165) is 13.1 Å². The molecule has 5 heteroatoms. The van der Waals surface area contributed by atoms with Crippen LogP contribution in [0.25, 0.3) is 0 Å². The highest BCUT2D eigenvalue weighted by atomic mass is 32.2. The molecule has 0 atom stereocenters. The summed E-state index contributed by atoms with van der Waals surface area (Å²) in [5.74, 6) is 0.945. The van der Waals surface area contributed by atoms with E-state index in [2.05, 4.69) is 30.4 Å². The average Bonchev–Trinajstić information content (AvgIpc) is 2.32. The Morgan fingerprint density at radius 2 is 2.26 bits per heavy atom. The maximum atomic E-state index is 12.2. The number of anilines is 1. The van der Waals surface area contributed by atoms with E-state index in [1.54, 1.807) is 17.0 Å². The molecule has 19 heavy (non-hydrogen) atoms. The summed E-state index contributed by atoms with van der Waals surface area (Å²) in [7, 11) is 0. The van der Waals surface area contributed by atoms with Gasteiger partial charge in [-0.2, -0.15) is 11.8 Å². The fourth-order valence-corrected chi connectivity index (χ4v) is 3.29. The van der Waals surface area contributed by atoms with Crippen LogP contribution < -0.4 is 10.9 Å². The molecule has 0 aliphatic heterocycles. The van der Waals surface area contributed by atoms with Crippen LogP contribution in [0.3, 0.4) is 0 Å². The van der Waals surface area contributed by atoms with Crippen LogP contribution in [-0.2, 0) is 6.54 Å². The molecule has 1 aromatic heterocycles. The van der Waals surface area contributed by atoms with E-state index in [-0.39, 0.29) is 5.56 Å². The lowest BCUT2D eigenvalue weighted by molar-refractivity contribution is 0.379. The van der Waals surface area contributed by atoms with Gasteiger partial charge >= 0.3 is 0 Å². The number of aromatic nitrogens is 2. The normalized spacial score (nSPS) is 17.3. The summed E-state index contributed by atoms with van der Waals surface area (Å²) < 4.78 is 2.05. The molecule has 1 fully saturated rings. The van der Waals surface area contributed by atoms with Crippen LogP contribution in [0.4, 0.5) is 5.82 Å². The number of rotatable bonds is 6. The second kappa shape index (κ2) is 5.99. The van der Waals surface area contributed by atoms with Crippen molar-refractivity contribution in [3.63, 3.8) is 0 Å². The van der Waals surface area contributed by atoms with Crippen molar-refractivity contribution in [2.75, 3.05) is 18.1 Å². The van der Waals surface area contributed by atoms with Crippen molar-refractivity contribution in [2.45, 2.75) is 44.4 Å². The maximum absolute atomic E-state index is 12.2. The highest BCUT2D eigenvalue weighted by molar-refractivity contribution is 8.00. The van der Waals surface area contributed by atoms with E-state index in [4.69, 9.17) is 0 Å². The van der Waals surface area contributed by atoms with Crippen LogP contribution in [0, 0.1) is 5.92 Å². The fraction of sp³-hybridized carbons (Fsp3) is 0.714. The molecule has 106 valence electrons. The Morgan fingerprint density at radius 1 is 1.53 bits per heavy atom. The van der Waals surface area contributed by atoms with E-state index in [1.807, 2.05) is 11.8 Å². The molecule has 1 aliphatic rings. The average molecular weight is 281 g/mol. The molecule has 1 N–H and O–H groups in total. The summed E-state index contributed by atoms with van der Waals surface area (Å²) in [6.45, 7) is 5.79. The topological polar surface area (TPSA) is 46.9 Å². The maximum Gasteiger partial charge on any atom is 0.293 e. The highest BCUT2D eigenvalue weighted by Crippen LogP contribution is 2.42.